The second-order valence-corrected chi connectivity index (χ2v) is 5.68. The number of nitriles is 1. The number of hydrogen-bond donors (Lipinski definition) is 1. The van der Waals surface area contributed by atoms with E-state index in [0.29, 0.717) is 5.56 Å². The first-order valence-electron chi connectivity index (χ1n) is 6.51. The third kappa shape index (κ3) is 3.50. The number of anilines is 1. The maximum atomic E-state index is 12.2. The van der Waals surface area contributed by atoms with Crippen molar-refractivity contribution in [1.82, 2.24) is 10.2 Å². The molecule has 0 aliphatic carbocycles. The Bertz CT molecular complexity index is 534. The largest absolute Gasteiger partial charge is 0.364 e. The standard InChI is InChI=1S/C14H17BrN4O/c1-18(10-14(20)19-6-4-17-5-7-19)13-8-12(15)3-2-11(13)9-16/h2-3,8,17H,4-7,10H2,1H3. The van der Waals surface area contributed by atoms with Crippen LogP contribution < -0.4 is 10.2 Å². The van der Waals surface area contributed by atoms with Gasteiger partial charge in [0, 0.05) is 37.7 Å². The van der Waals surface area contributed by atoms with Crippen molar-refractivity contribution < 1.29 is 4.79 Å². The number of likely N-dealkylation sites (N-methyl/N-ethyl adjacent to an activating group) is 1. The lowest BCUT2D eigenvalue weighted by molar-refractivity contribution is -0.130. The van der Waals surface area contributed by atoms with Crippen molar-refractivity contribution >= 4 is 27.5 Å². The Balaban J connectivity index is 2.07. The van der Waals surface area contributed by atoms with Crippen LogP contribution >= 0.6 is 15.9 Å². The van der Waals surface area contributed by atoms with Gasteiger partial charge in [-0.25, -0.2) is 0 Å². The van der Waals surface area contributed by atoms with Gasteiger partial charge in [-0.1, -0.05) is 15.9 Å². The molecule has 0 aromatic heterocycles. The van der Waals surface area contributed by atoms with E-state index in [-0.39, 0.29) is 12.5 Å². The fraction of sp³-hybridized carbons (Fsp3) is 0.429. The average molecular weight is 337 g/mol. The molecule has 0 saturated carbocycles. The first-order chi connectivity index (χ1) is 9.61. The summed E-state index contributed by atoms with van der Waals surface area (Å²) in [4.78, 5) is 15.9. The van der Waals surface area contributed by atoms with Gasteiger partial charge in [-0.2, -0.15) is 5.26 Å². The quantitative estimate of drug-likeness (QED) is 0.900. The molecule has 1 aromatic rings. The summed E-state index contributed by atoms with van der Waals surface area (Å²) in [5.41, 5.74) is 1.34. The van der Waals surface area contributed by atoms with Crippen molar-refractivity contribution in [3.05, 3.63) is 28.2 Å². The molecule has 5 nitrogen and oxygen atoms in total. The minimum absolute atomic E-state index is 0.0952. The number of benzene rings is 1. The van der Waals surface area contributed by atoms with Gasteiger partial charge >= 0.3 is 0 Å². The van der Waals surface area contributed by atoms with E-state index in [1.54, 1.807) is 6.07 Å². The summed E-state index contributed by atoms with van der Waals surface area (Å²) < 4.78 is 0.896. The van der Waals surface area contributed by atoms with Crippen LogP contribution in [0.1, 0.15) is 5.56 Å². The molecular formula is C14H17BrN4O. The van der Waals surface area contributed by atoms with E-state index in [9.17, 15) is 4.79 Å². The van der Waals surface area contributed by atoms with Crippen molar-refractivity contribution in [3.8, 4) is 6.07 Å². The predicted octanol–water partition coefficient (Wildman–Crippen LogP) is 1.19. The fourth-order valence-corrected chi connectivity index (χ4v) is 2.57. The summed E-state index contributed by atoms with van der Waals surface area (Å²) >= 11 is 3.40. The van der Waals surface area contributed by atoms with E-state index in [0.717, 1.165) is 36.3 Å². The molecule has 1 N–H and O–H groups in total. The Kier molecular flexibility index (Phi) is 4.99. The lowest BCUT2D eigenvalue weighted by atomic mass is 10.2. The van der Waals surface area contributed by atoms with Crippen LogP contribution in [0.3, 0.4) is 0 Å². The van der Waals surface area contributed by atoms with Crippen LogP contribution in [0.2, 0.25) is 0 Å². The minimum Gasteiger partial charge on any atom is -0.364 e. The third-order valence-corrected chi connectivity index (χ3v) is 3.83. The molecule has 0 bridgehead atoms. The van der Waals surface area contributed by atoms with Crippen LogP contribution in [0.25, 0.3) is 0 Å². The number of halogens is 1. The first kappa shape index (κ1) is 14.8. The van der Waals surface area contributed by atoms with Gasteiger partial charge in [-0.15, -0.1) is 0 Å². The smallest absolute Gasteiger partial charge is 0.242 e. The molecule has 20 heavy (non-hydrogen) atoms. The highest BCUT2D eigenvalue weighted by Gasteiger charge is 2.19. The van der Waals surface area contributed by atoms with Crippen LogP contribution in [0.5, 0.6) is 0 Å². The van der Waals surface area contributed by atoms with Crippen molar-refractivity contribution in [2.24, 2.45) is 0 Å². The third-order valence-electron chi connectivity index (χ3n) is 3.33. The Hall–Kier alpha value is -1.58. The molecule has 0 radical (unpaired) electrons. The van der Waals surface area contributed by atoms with Crippen LogP contribution in [0, 0.1) is 11.3 Å². The van der Waals surface area contributed by atoms with E-state index >= 15 is 0 Å². The zero-order chi connectivity index (χ0) is 14.5. The molecule has 1 aromatic carbocycles. The van der Waals surface area contributed by atoms with Gasteiger partial charge in [0.2, 0.25) is 5.91 Å². The Morgan fingerprint density at radius 1 is 1.50 bits per heavy atom. The molecule has 1 amide bonds. The zero-order valence-corrected chi connectivity index (χ0v) is 13.0. The summed E-state index contributed by atoms with van der Waals surface area (Å²) in [6.07, 6.45) is 0. The summed E-state index contributed by atoms with van der Waals surface area (Å²) in [6.45, 7) is 3.46. The molecule has 2 rings (SSSR count). The first-order valence-corrected chi connectivity index (χ1v) is 7.30. The second kappa shape index (κ2) is 6.73. The summed E-state index contributed by atoms with van der Waals surface area (Å²) in [6, 6.07) is 7.61. The number of nitrogens with one attached hydrogen (secondary N) is 1. The van der Waals surface area contributed by atoms with Crippen molar-refractivity contribution in [3.63, 3.8) is 0 Å². The summed E-state index contributed by atoms with van der Waals surface area (Å²) in [7, 11) is 1.84. The highest BCUT2D eigenvalue weighted by Crippen LogP contribution is 2.23. The van der Waals surface area contributed by atoms with Gasteiger partial charge in [0.1, 0.15) is 6.07 Å². The van der Waals surface area contributed by atoms with Crippen LogP contribution in [0.4, 0.5) is 5.69 Å². The van der Waals surface area contributed by atoms with Crippen LogP contribution in [-0.2, 0) is 4.79 Å². The molecular weight excluding hydrogens is 320 g/mol. The van der Waals surface area contributed by atoms with E-state index < -0.39 is 0 Å². The number of hydrogen-bond acceptors (Lipinski definition) is 4. The molecule has 0 unspecified atom stereocenters. The van der Waals surface area contributed by atoms with E-state index in [2.05, 4.69) is 27.3 Å². The number of rotatable bonds is 3. The summed E-state index contributed by atoms with van der Waals surface area (Å²) in [5.74, 6) is 0.0952. The van der Waals surface area contributed by atoms with Gasteiger partial charge in [0.15, 0.2) is 0 Å². The number of nitrogens with zero attached hydrogens (tertiary/aromatic N) is 3. The maximum absolute atomic E-state index is 12.2. The molecule has 0 atom stereocenters. The lowest BCUT2D eigenvalue weighted by Gasteiger charge is -2.30. The SMILES string of the molecule is CN(CC(=O)N1CCNCC1)c1cc(Br)ccc1C#N. The van der Waals surface area contributed by atoms with E-state index in [1.165, 1.54) is 0 Å². The molecule has 106 valence electrons. The number of piperazine rings is 1. The van der Waals surface area contributed by atoms with Crippen molar-refractivity contribution in [1.29, 1.82) is 5.26 Å². The molecule has 6 heteroatoms. The monoisotopic (exact) mass is 336 g/mol. The molecule has 0 spiro atoms. The molecule has 1 fully saturated rings. The summed E-state index contributed by atoms with van der Waals surface area (Å²) in [5, 5.41) is 12.4. The maximum Gasteiger partial charge on any atom is 0.242 e. The molecule has 1 aliphatic rings. The van der Waals surface area contributed by atoms with Gasteiger partial charge in [0.25, 0.3) is 0 Å². The Labute approximate surface area is 127 Å². The Morgan fingerprint density at radius 2 is 2.20 bits per heavy atom. The minimum atomic E-state index is 0.0952. The van der Waals surface area contributed by atoms with E-state index in [1.807, 2.05) is 29.0 Å². The van der Waals surface area contributed by atoms with Crippen LogP contribution in [0.15, 0.2) is 22.7 Å². The van der Waals surface area contributed by atoms with Gasteiger partial charge < -0.3 is 15.1 Å². The molecule has 1 saturated heterocycles. The highest BCUT2D eigenvalue weighted by molar-refractivity contribution is 9.10. The number of carbonyl (C=O) groups is 1. The normalized spacial score (nSPS) is 14.8. The number of amides is 1. The van der Waals surface area contributed by atoms with Gasteiger partial charge in [-0.05, 0) is 18.2 Å². The highest BCUT2D eigenvalue weighted by atomic mass is 79.9. The van der Waals surface area contributed by atoms with Crippen molar-refractivity contribution in [2.75, 3.05) is 44.7 Å². The fourth-order valence-electron chi connectivity index (χ4n) is 2.22. The Morgan fingerprint density at radius 3 is 2.85 bits per heavy atom. The zero-order valence-electron chi connectivity index (χ0n) is 11.4. The lowest BCUT2D eigenvalue weighted by Crippen LogP contribution is -2.49. The van der Waals surface area contributed by atoms with E-state index in [4.69, 9.17) is 5.26 Å². The average Bonchev–Trinajstić information content (AvgIpc) is 2.48. The van der Waals surface area contributed by atoms with Gasteiger partial charge in [0.05, 0.1) is 17.8 Å². The topological polar surface area (TPSA) is 59.4 Å². The van der Waals surface area contributed by atoms with Crippen molar-refractivity contribution in [2.45, 2.75) is 0 Å². The molecule has 1 heterocycles. The van der Waals surface area contributed by atoms with Gasteiger partial charge in [-0.3, -0.25) is 4.79 Å². The predicted molar refractivity (Wildman–Crippen MR) is 81.6 cm³/mol. The van der Waals surface area contributed by atoms with Crippen LogP contribution in [-0.4, -0.2) is 50.6 Å². The second-order valence-electron chi connectivity index (χ2n) is 4.76. The number of carbonyl (C=O) groups excluding carboxylic acids is 1. The molecule has 1 aliphatic heterocycles.